The average Bonchev–Trinajstić information content (AvgIpc) is 3.06. The first-order valence-corrected chi connectivity index (χ1v) is 16.3. The Hall–Kier alpha value is -5.36. The lowest BCUT2D eigenvalue weighted by Gasteiger charge is -2.10. The number of aromatic nitrogens is 2. The highest BCUT2D eigenvalue weighted by molar-refractivity contribution is 6.03. The first-order valence-electron chi connectivity index (χ1n) is 16.3. The van der Waals surface area contributed by atoms with Crippen molar-refractivity contribution in [3.05, 3.63) is 141 Å². The van der Waals surface area contributed by atoms with Crippen LogP contribution < -0.4 is 0 Å². The first-order chi connectivity index (χ1) is 22.9. The summed E-state index contributed by atoms with van der Waals surface area (Å²) >= 11 is 0. The van der Waals surface area contributed by atoms with Gasteiger partial charge in [0.2, 0.25) is 0 Å². The molecule has 2 aromatic heterocycles. The average molecular weight is 633 g/mol. The summed E-state index contributed by atoms with van der Waals surface area (Å²) in [7, 11) is 0. The topological polar surface area (TPSA) is 75.2 Å². The monoisotopic (exact) mass is 632 g/mol. The molecule has 0 spiro atoms. The van der Waals surface area contributed by atoms with Gasteiger partial charge < -0.3 is 0 Å². The molecule has 3 aromatic carbocycles. The van der Waals surface area contributed by atoms with Crippen LogP contribution in [0.15, 0.2) is 105 Å². The predicted octanol–water partition coefficient (Wildman–Crippen LogP) is 10.9. The zero-order valence-electron chi connectivity index (χ0n) is 29.8. The van der Waals surface area contributed by atoms with Crippen molar-refractivity contribution >= 4 is 45.6 Å². The Morgan fingerprint density at radius 1 is 0.375 bits per heavy atom. The van der Waals surface area contributed by atoms with Crippen molar-refractivity contribution in [2.45, 2.75) is 69.2 Å². The smallest absolute Gasteiger partial charge is 0.0849 e. The molecule has 2 heterocycles. The predicted molar refractivity (Wildman–Crippen MR) is 204 cm³/mol. The number of aryl methyl sites for hydroxylation is 6. The molecule has 242 valence electrons. The molecule has 48 heavy (non-hydrogen) atoms. The molecule has 0 atom stereocenters. The van der Waals surface area contributed by atoms with Gasteiger partial charge in [0.1, 0.15) is 0 Å². The third-order valence-electron chi connectivity index (χ3n) is 8.35. The largest absolute Gasteiger partial charge is 0.251 e. The standard InChI is InChI=1S/C42H44N6/c1-25-17-19-35(27(3)21-25)43-31(7)37-13-11-15-39(47-37)33(9)45-41-23-30(6)42(24-29(41)5)46-34(10)40-16-12-14-38(48-40)32(8)44-36-20-18-26(2)22-28(36)4/h11-24H,1-10H3/b43-31+,44-32+,45-33+,46-34+. The van der Waals surface area contributed by atoms with Crippen LogP contribution in [0.25, 0.3) is 0 Å². The molecule has 0 fully saturated rings. The van der Waals surface area contributed by atoms with Crippen molar-refractivity contribution in [2.24, 2.45) is 20.0 Å². The van der Waals surface area contributed by atoms with Gasteiger partial charge in [0.25, 0.3) is 0 Å². The van der Waals surface area contributed by atoms with E-state index in [4.69, 9.17) is 29.9 Å². The molecule has 0 aliphatic heterocycles. The summed E-state index contributed by atoms with van der Waals surface area (Å²) in [5.74, 6) is 0. The molecule has 0 saturated heterocycles. The van der Waals surface area contributed by atoms with Gasteiger partial charge in [0.05, 0.1) is 68.4 Å². The molecule has 5 rings (SSSR count). The van der Waals surface area contributed by atoms with E-state index < -0.39 is 0 Å². The van der Waals surface area contributed by atoms with Crippen molar-refractivity contribution in [1.29, 1.82) is 0 Å². The van der Waals surface area contributed by atoms with Gasteiger partial charge in [0.15, 0.2) is 0 Å². The molecule has 0 radical (unpaired) electrons. The Balaban J connectivity index is 1.38. The second kappa shape index (κ2) is 14.6. The lowest BCUT2D eigenvalue weighted by molar-refractivity contribution is 1.23. The minimum absolute atomic E-state index is 0.819. The van der Waals surface area contributed by atoms with Crippen molar-refractivity contribution < 1.29 is 0 Å². The highest BCUT2D eigenvalue weighted by Gasteiger charge is 2.10. The molecule has 0 saturated carbocycles. The van der Waals surface area contributed by atoms with Gasteiger partial charge in [0, 0.05) is 0 Å². The Morgan fingerprint density at radius 2 is 0.667 bits per heavy atom. The second-order valence-electron chi connectivity index (χ2n) is 12.6. The zero-order valence-corrected chi connectivity index (χ0v) is 29.8. The van der Waals surface area contributed by atoms with E-state index in [2.05, 4.69) is 90.1 Å². The summed E-state index contributed by atoms with van der Waals surface area (Å²) in [6, 6.07) is 28.8. The van der Waals surface area contributed by atoms with E-state index in [0.717, 1.165) is 90.6 Å². The molecular formula is C42H44N6. The highest BCUT2D eigenvalue weighted by atomic mass is 14.9. The van der Waals surface area contributed by atoms with E-state index in [1.807, 2.05) is 64.1 Å². The Labute approximate surface area is 285 Å². The van der Waals surface area contributed by atoms with E-state index in [9.17, 15) is 0 Å². The van der Waals surface area contributed by atoms with Gasteiger partial charge in [-0.1, -0.05) is 47.5 Å². The van der Waals surface area contributed by atoms with Crippen LogP contribution in [0.5, 0.6) is 0 Å². The van der Waals surface area contributed by atoms with Gasteiger partial charge in [-0.2, -0.15) is 0 Å². The van der Waals surface area contributed by atoms with E-state index in [-0.39, 0.29) is 0 Å². The second-order valence-corrected chi connectivity index (χ2v) is 12.6. The summed E-state index contributed by atoms with van der Waals surface area (Å²) < 4.78 is 0. The van der Waals surface area contributed by atoms with Gasteiger partial charge in [-0.3, -0.25) is 20.0 Å². The molecular weight excluding hydrogens is 589 g/mol. The number of hydrogen-bond donors (Lipinski definition) is 0. The van der Waals surface area contributed by atoms with Crippen LogP contribution >= 0.6 is 0 Å². The molecule has 5 aromatic rings. The summed E-state index contributed by atoms with van der Waals surface area (Å²) in [5, 5.41) is 0. The maximum atomic E-state index is 4.99. The molecule has 0 unspecified atom stereocenters. The summed E-state index contributed by atoms with van der Waals surface area (Å²) in [5.41, 5.74) is 17.2. The SMILES string of the molecule is C/C(=N\c1ccc(C)cc1C)c1cccc(/C(C)=N/c2cc(C)c(/N=C(\C)c3cccc(/C(C)=N/c4ccc(C)cc4C)n3)cc2C)n1. The lowest BCUT2D eigenvalue weighted by Crippen LogP contribution is -2.05. The van der Waals surface area contributed by atoms with Gasteiger partial charge in [-0.15, -0.1) is 0 Å². The molecule has 0 aliphatic carbocycles. The van der Waals surface area contributed by atoms with E-state index in [1.54, 1.807) is 0 Å². The number of benzene rings is 3. The van der Waals surface area contributed by atoms with Crippen molar-refractivity contribution in [2.75, 3.05) is 0 Å². The summed E-state index contributed by atoms with van der Waals surface area (Å²) in [4.78, 5) is 29.5. The highest BCUT2D eigenvalue weighted by Crippen LogP contribution is 2.30. The fraction of sp³-hybridized carbons (Fsp3) is 0.238. The third-order valence-corrected chi connectivity index (χ3v) is 8.35. The normalized spacial score (nSPS) is 12.9. The fourth-order valence-corrected chi connectivity index (χ4v) is 5.52. The molecule has 0 amide bonds. The quantitative estimate of drug-likeness (QED) is 0.160. The summed E-state index contributed by atoms with van der Waals surface area (Å²) in [6.07, 6.45) is 0. The first kappa shape index (κ1) is 34.0. The van der Waals surface area contributed by atoms with Gasteiger partial charge in [-0.25, -0.2) is 9.97 Å². The molecule has 6 heteroatoms. The number of rotatable bonds is 8. The molecule has 6 nitrogen and oxygen atoms in total. The van der Waals surface area contributed by atoms with Gasteiger partial charge >= 0.3 is 0 Å². The van der Waals surface area contributed by atoms with Crippen molar-refractivity contribution in [1.82, 2.24) is 9.97 Å². The van der Waals surface area contributed by atoms with Crippen molar-refractivity contribution in [3.8, 4) is 0 Å². The Morgan fingerprint density at radius 3 is 0.979 bits per heavy atom. The lowest BCUT2D eigenvalue weighted by atomic mass is 10.1. The molecule has 0 bridgehead atoms. The van der Waals surface area contributed by atoms with Crippen LogP contribution in [-0.4, -0.2) is 32.8 Å². The van der Waals surface area contributed by atoms with Crippen LogP contribution in [-0.2, 0) is 0 Å². The van der Waals surface area contributed by atoms with Crippen LogP contribution in [0.1, 0.15) is 83.9 Å². The minimum atomic E-state index is 0.819. The third kappa shape index (κ3) is 8.13. The molecule has 0 aliphatic rings. The zero-order chi connectivity index (χ0) is 34.5. The van der Waals surface area contributed by atoms with Crippen LogP contribution in [0, 0.1) is 41.5 Å². The number of aliphatic imine (C=N–C) groups is 4. The maximum absolute atomic E-state index is 4.99. The number of pyridine rings is 2. The van der Waals surface area contributed by atoms with Crippen LogP contribution in [0.2, 0.25) is 0 Å². The van der Waals surface area contributed by atoms with E-state index >= 15 is 0 Å². The van der Waals surface area contributed by atoms with Crippen LogP contribution in [0.4, 0.5) is 22.7 Å². The number of nitrogens with zero attached hydrogens (tertiary/aromatic N) is 6. The van der Waals surface area contributed by atoms with Crippen LogP contribution in [0.3, 0.4) is 0 Å². The maximum Gasteiger partial charge on any atom is 0.0849 e. The minimum Gasteiger partial charge on any atom is -0.251 e. The van der Waals surface area contributed by atoms with E-state index in [1.165, 1.54) is 11.1 Å². The Bertz CT molecular complexity index is 1980. The van der Waals surface area contributed by atoms with E-state index in [0.29, 0.717) is 0 Å². The molecule has 0 N–H and O–H groups in total. The number of hydrogen-bond acceptors (Lipinski definition) is 6. The fourth-order valence-electron chi connectivity index (χ4n) is 5.52. The summed E-state index contributed by atoms with van der Waals surface area (Å²) in [6.45, 7) is 20.5. The Kier molecular flexibility index (Phi) is 10.3. The van der Waals surface area contributed by atoms with Crippen molar-refractivity contribution in [3.63, 3.8) is 0 Å². The van der Waals surface area contributed by atoms with Gasteiger partial charge in [-0.05, 0) is 140 Å².